The smallest absolute Gasteiger partial charge is 0.342 e. The number of rotatable bonds is 4. The average molecular weight is 271 g/mol. The Balaban J connectivity index is 2.65. The average Bonchev–Trinajstić information content (AvgIpc) is 2.36. The van der Waals surface area contributed by atoms with Gasteiger partial charge in [-0.2, -0.15) is 0 Å². The van der Waals surface area contributed by atoms with E-state index in [1.165, 1.54) is 6.08 Å². The van der Waals surface area contributed by atoms with Gasteiger partial charge in [0.1, 0.15) is 6.26 Å². The van der Waals surface area contributed by atoms with Crippen molar-refractivity contribution in [1.29, 1.82) is 0 Å². The number of carbonyl (C=O) groups excluding carboxylic acids is 2. The Hall–Kier alpha value is -1.58. The normalized spacial score (nSPS) is 12.1. The second-order valence-electron chi connectivity index (χ2n) is 2.92. The first-order valence-corrected chi connectivity index (χ1v) is 5.33. The van der Waals surface area contributed by atoms with Crippen LogP contribution in [0.3, 0.4) is 0 Å². The third-order valence-corrected chi connectivity index (χ3v) is 2.07. The van der Waals surface area contributed by atoms with Crippen molar-refractivity contribution in [3.8, 4) is 0 Å². The van der Waals surface area contributed by atoms with Crippen molar-refractivity contribution in [2.24, 2.45) is 0 Å². The highest BCUT2D eigenvalue weighted by atomic mass is 35.5. The number of hydrogen-bond donors (Lipinski definition) is 0. The molecule has 1 aromatic carbocycles. The van der Waals surface area contributed by atoms with E-state index < -0.39 is 5.97 Å². The summed E-state index contributed by atoms with van der Waals surface area (Å²) in [7, 11) is 0. The van der Waals surface area contributed by atoms with Crippen molar-refractivity contribution >= 4 is 35.5 Å². The number of esters is 1. The van der Waals surface area contributed by atoms with Crippen molar-refractivity contribution in [2.45, 2.75) is 0 Å². The molecule has 0 saturated carbocycles. The third-order valence-electron chi connectivity index (χ3n) is 1.68. The predicted molar refractivity (Wildman–Crippen MR) is 65.8 cm³/mol. The Morgan fingerprint density at radius 2 is 1.76 bits per heavy atom. The van der Waals surface area contributed by atoms with E-state index in [2.05, 4.69) is 0 Å². The molecule has 0 unspecified atom stereocenters. The van der Waals surface area contributed by atoms with Crippen molar-refractivity contribution in [3.05, 3.63) is 58.3 Å². The number of benzene rings is 1. The number of carbonyl (C=O) groups is 2. The molecular weight excluding hydrogens is 263 g/mol. The maximum Gasteiger partial charge on any atom is 0.342 e. The van der Waals surface area contributed by atoms with E-state index in [-0.39, 0.29) is 10.1 Å². The minimum atomic E-state index is -0.542. The van der Waals surface area contributed by atoms with E-state index >= 15 is 0 Å². The summed E-state index contributed by atoms with van der Waals surface area (Å²) < 4.78 is 4.78. The van der Waals surface area contributed by atoms with Crippen LogP contribution < -0.4 is 0 Å². The van der Waals surface area contributed by atoms with Crippen LogP contribution in [0.25, 0.3) is 0 Å². The summed E-state index contributed by atoms with van der Waals surface area (Å²) in [6.07, 6.45) is 2.62. The van der Waals surface area contributed by atoms with Gasteiger partial charge in [0.05, 0.1) is 15.6 Å². The molecule has 0 atom stereocenters. The van der Waals surface area contributed by atoms with Gasteiger partial charge in [-0.1, -0.05) is 41.4 Å². The molecule has 0 bridgehead atoms. The summed E-state index contributed by atoms with van der Waals surface area (Å²) in [5, 5.41) is -0.0339. The Labute approximate surface area is 108 Å². The molecule has 0 saturated heterocycles. The molecule has 1 aromatic rings. The lowest BCUT2D eigenvalue weighted by molar-refractivity contribution is -0.104. The zero-order valence-corrected chi connectivity index (χ0v) is 10.1. The molecule has 0 heterocycles. The molecule has 0 aliphatic rings. The van der Waals surface area contributed by atoms with Crippen LogP contribution in [0.4, 0.5) is 0 Å². The van der Waals surface area contributed by atoms with E-state index in [0.29, 0.717) is 11.8 Å². The quantitative estimate of drug-likeness (QED) is 0.277. The topological polar surface area (TPSA) is 43.4 Å². The second-order valence-corrected chi connectivity index (χ2v) is 3.79. The van der Waals surface area contributed by atoms with Crippen LogP contribution in [-0.4, -0.2) is 12.3 Å². The van der Waals surface area contributed by atoms with Gasteiger partial charge in [-0.05, 0) is 18.2 Å². The van der Waals surface area contributed by atoms with Gasteiger partial charge in [0.15, 0.2) is 6.29 Å². The molecule has 0 amide bonds. The van der Waals surface area contributed by atoms with Crippen LogP contribution >= 0.6 is 23.2 Å². The van der Waals surface area contributed by atoms with Crippen LogP contribution in [0.5, 0.6) is 0 Å². The Kier molecular flexibility index (Phi) is 5.46. The number of ether oxygens (including phenoxy) is 1. The fourth-order valence-electron chi connectivity index (χ4n) is 0.952. The van der Waals surface area contributed by atoms with Gasteiger partial charge in [-0.3, -0.25) is 4.79 Å². The maximum absolute atomic E-state index is 11.5. The Bertz CT molecular complexity index is 464. The van der Waals surface area contributed by atoms with Crippen molar-refractivity contribution in [1.82, 2.24) is 0 Å². The molecule has 5 heteroatoms. The van der Waals surface area contributed by atoms with E-state index in [1.807, 2.05) is 0 Å². The zero-order valence-electron chi connectivity index (χ0n) is 8.60. The first-order valence-electron chi connectivity index (χ1n) is 4.57. The first kappa shape index (κ1) is 13.5. The minimum absolute atomic E-state index is 0.0476. The van der Waals surface area contributed by atoms with Gasteiger partial charge in [0, 0.05) is 0 Å². The standard InChI is InChI=1S/C12H8Cl2O3/c13-10(7-15)6-11(14)8-17-12(16)9-4-2-1-3-5-9/h1-8H/b10-6-,11-8-. The lowest BCUT2D eigenvalue weighted by Gasteiger charge is -1.98. The highest BCUT2D eigenvalue weighted by molar-refractivity contribution is 6.40. The second kappa shape index (κ2) is 6.89. The van der Waals surface area contributed by atoms with Gasteiger partial charge in [0.25, 0.3) is 0 Å². The molecule has 0 aliphatic carbocycles. The SMILES string of the molecule is O=C/C(Cl)=C/C(Cl)=C/OC(=O)c1ccccc1. The Morgan fingerprint density at radius 1 is 1.12 bits per heavy atom. The maximum atomic E-state index is 11.5. The van der Waals surface area contributed by atoms with Gasteiger partial charge in [-0.25, -0.2) is 4.79 Å². The molecule has 0 fully saturated rings. The number of aldehydes is 1. The van der Waals surface area contributed by atoms with Crippen molar-refractivity contribution < 1.29 is 14.3 Å². The molecule has 0 radical (unpaired) electrons. The highest BCUT2D eigenvalue weighted by Gasteiger charge is 2.04. The minimum Gasteiger partial charge on any atom is -0.429 e. The van der Waals surface area contributed by atoms with Crippen LogP contribution in [0.2, 0.25) is 0 Å². The molecule has 17 heavy (non-hydrogen) atoms. The van der Waals surface area contributed by atoms with Crippen molar-refractivity contribution in [3.63, 3.8) is 0 Å². The summed E-state index contributed by atoms with van der Waals surface area (Å²) in [5.74, 6) is -0.542. The summed E-state index contributed by atoms with van der Waals surface area (Å²) in [6.45, 7) is 0. The lowest BCUT2D eigenvalue weighted by Crippen LogP contribution is -1.99. The summed E-state index contributed by atoms with van der Waals surface area (Å²) >= 11 is 11.1. The number of hydrogen-bond acceptors (Lipinski definition) is 3. The molecule has 0 aliphatic heterocycles. The fourth-order valence-corrected chi connectivity index (χ4v) is 1.29. The summed E-state index contributed by atoms with van der Waals surface area (Å²) in [5.41, 5.74) is 0.402. The Morgan fingerprint density at radius 3 is 2.35 bits per heavy atom. The van der Waals surface area contributed by atoms with E-state index in [4.69, 9.17) is 27.9 Å². The molecule has 0 N–H and O–H groups in total. The van der Waals surface area contributed by atoms with Crippen molar-refractivity contribution in [2.75, 3.05) is 0 Å². The third kappa shape index (κ3) is 4.85. The predicted octanol–water partition coefficient (Wildman–Crippen LogP) is 3.25. The number of allylic oxidation sites excluding steroid dienone is 3. The van der Waals surface area contributed by atoms with Crippen LogP contribution in [0, 0.1) is 0 Å². The van der Waals surface area contributed by atoms with E-state index in [0.717, 1.165) is 6.26 Å². The van der Waals surface area contributed by atoms with E-state index in [9.17, 15) is 9.59 Å². The molecule has 1 rings (SSSR count). The number of halogens is 2. The van der Waals surface area contributed by atoms with Gasteiger partial charge in [-0.15, -0.1) is 0 Å². The molecule has 0 spiro atoms. The molecular formula is C12H8Cl2O3. The largest absolute Gasteiger partial charge is 0.429 e. The molecule has 3 nitrogen and oxygen atoms in total. The van der Waals surface area contributed by atoms with Crippen LogP contribution in [-0.2, 0) is 9.53 Å². The van der Waals surface area contributed by atoms with Gasteiger partial charge in [0.2, 0.25) is 0 Å². The summed E-state index contributed by atoms with van der Waals surface area (Å²) in [6, 6.07) is 8.43. The highest BCUT2D eigenvalue weighted by Crippen LogP contribution is 2.10. The fraction of sp³-hybridized carbons (Fsp3) is 0. The molecule has 88 valence electrons. The van der Waals surface area contributed by atoms with Crippen LogP contribution in [0.1, 0.15) is 10.4 Å². The van der Waals surface area contributed by atoms with E-state index in [1.54, 1.807) is 30.3 Å². The molecule has 0 aromatic heterocycles. The lowest BCUT2D eigenvalue weighted by atomic mass is 10.2. The van der Waals surface area contributed by atoms with Gasteiger partial charge >= 0.3 is 5.97 Å². The zero-order chi connectivity index (χ0) is 12.7. The van der Waals surface area contributed by atoms with Crippen LogP contribution in [0.15, 0.2) is 52.7 Å². The van der Waals surface area contributed by atoms with Gasteiger partial charge < -0.3 is 4.74 Å². The summed E-state index contributed by atoms with van der Waals surface area (Å²) in [4.78, 5) is 21.7. The first-order chi connectivity index (χ1) is 8.13. The monoisotopic (exact) mass is 270 g/mol.